The molecule has 4 rings (SSSR count). The van der Waals surface area contributed by atoms with Gasteiger partial charge in [0.2, 0.25) is 0 Å². The second-order valence-electron chi connectivity index (χ2n) is 5.65. The summed E-state index contributed by atoms with van der Waals surface area (Å²) in [7, 11) is 0. The van der Waals surface area contributed by atoms with Crippen LogP contribution >= 0.6 is 45.2 Å². The van der Waals surface area contributed by atoms with Crippen molar-refractivity contribution in [3.05, 3.63) is 102 Å². The van der Waals surface area contributed by atoms with Crippen LogP contribution in [0.5, 0.6) is 0 Å². The zero-order valence-corrected chi connectivity index (χ0v) is 17.3. The molecule has 0 saturated heterocycles. The maximum Gasteiger partial charge on any atom is 0.344 e. The summed E-state index contributed by atoms with van der Waals surface area (Å²) in [6.07, 6.45) is 0. The quantitative estimate of drug-likeness (QED) is 0.290. The monoisotopic (exact) mass is 550 g/mol. The summed E-state index contributed by atoms with van der Waals surface area (Å²) < 4.78 is 8.03. The highest BCUT2D eigenvalue weighted by atomic mass is 127. The Hall–Kier alpha value is -1.67. The van der Waals surface area contributed by atoms with Crippen molar-refractivity contribution in [2.75, 3.05) is 0 Å². The van der Waals surface area contributed by atoms with Gasteiger partial charge in [-0.05, 0) is 86.6 Å². The highest BCUT2D eigenvalue weighted by Gasteiger charge is 2.29. The number of hydrogen-bond acceptors (Lipinski definition) is 2. The van der Waals surface area contributed by atoms with Crippen molar-refractivity contribution in [3.8, 4) is 0 Å². The molecule has 0 N–H and O–H groups in total. The Morgan fingerprint density at radius 2 is 1.16 bits per heavy atom. The normalized spacial score (nSPS) is 12.7. The molecule has 2 nitrogen and oxygen atoms in total. The molecular weight excluding hydrogens is 538 g/mol. The minimum atomic E-state index is -0.292. The predicted molar refractivity (Wildman–Crippen MR) is 116 cm³/mol. The van der Waals surface area contributed by atoms with Gasteiger partial charge in [-0.2, -0.15) is 0 Å². The van der Waals surface area contributed by atoms with Gasteiger partial charge >= 0.3 is 5.97 Å². The van der Waals surface area contributed by atoms with Crippen LogP contribution in [-0.4, -0.2) is 5.97 Å². The zero-order chi connectivity index (χ0) is 17.4. The fourth-order valence-electron chi connectivity index (χ4n) is 2.91. The lowest BCUT2D eigenvalue weighted by molar-refractivity contribution is 0.0716. The average molecular weight is 550 g/mol. The summed E-state index contributed by atoms with van der Waals surface area (Å²) in [5, 5.41) is 0. The standard InChI is InChI=1S/C21H12I2O2/c22-15-9-5-13(6-10-15)19(14-7-11-16(23)12-8-14)20-17-3-1-2-4-18(17)21(24)25-20/h1-12H. The Morgan fingerprint density at radius 1 is 0.680 bits per heavy atom. The molecule has 0 amide bonds. The summed E-state index contributed by atoms with van der Waals surface area (Å²) in [5.41, 5.74) is 4.46. The summed E-state index contributed by atoms with van der Waals surface area (Å²) >= 11 is 4.58. The van der Waals surface area contributed by atoms with E-state index >= 15 is 0 Å². The van der Waals surface area contributed by atoms with Crippen LogP contribution in [-0.2, 0) is 4.74 Å². The van der Waals surface area contributed by atoms with Crippen LogP contribution < -0.4 is 0 Å². The van der Waals surface area contributed by atoms with Crippen LogP contribution in [0.2, 0.25) is 0 Å². The summed E-state index contributed by atoms with van der Waals surface area (Å²) in [4.78, 5) is 12.3. The number of cyclic esters (lactones) is 1. The van der Waals surface area contributed by atoms with Crippen molar-refractivity contribution in [1.29, 1.82) is 0 Å². The van der Waals surface area contributed by atoms with Gasteiger partial charge in [0.1, 0.15) is 5.76 Å². The Morgan fingerprint density at radius 3 is 1.68 bits per heavy atom. The Balaban J connectivity index is 2.00. The van der Waals surface area contributed by atoms with Crippen LogP contribution in [0.15, 0.2) is 72.8 Å². The molecule has 0 fully saturated rings. The molecule has 0 unspecified atom stereocenters. The molecule has 0 bridgehead atoms. The molecule has 0 saturated carbocycles. The van der Waals surface area contributed by atoms with Crippen LogP contribution in [0.4, 0.5) is 0 Å². The van der Waals surface area contributed by atoms with Crippen LogP contribution in [0.25, 0.3) is 11.3 Å². The number of benzene rings is 3. The first kappa shape index (κ1) is 16.8. The molecule has 1 aliphatic rings. The van der Waals surface area contributed by atoms with Crippen molar-refractivity contribution in [1.82, 2.24) is 0 Å². The van der Waals surface area contributed by atoms with Crippen LogP contribution in [0, 0.1) is 7.14 Å². The number of rotatable bonds is 2. The maximum atomic E-state index is 12.3. The van der Waals surface area contributed by atoms with Crippen LogP contribution in [0.1, 0.15) is 27.0 Å². The smallest absolute Gasteiger partial charge is 0.344 e. The lowest BCUT2D eigenvalue weighted by Crippen LogP contribution is -1.96. The van der Waals surface area contributed by atoms with Crippen molar-refractivity contribution >= 4 is 62.5 Å². The van der Waals surface area contributed by atoms with E-state index in [0.29, 0.717) is 11.3 Å². The summed E-state index contributed by atoms with van der Waals surface area (Å²) in [6, 6.07) is 24.1. The van der Waals surface area contributed by atoms with Crippen molar-refractivity contribution in [2.24, 2.45) is 0 Å². The molecule has 3 aromatic carbocycles. The first-order valence-corrected chi connectivity index (χ1v) is 9.87. The van der Waals surface area contributed by atoms with Gasteiger partial charge in [-0.1, -0.05) is 42.5 Å². The summed E-state index contributed by atoms with van der Waals surface area (Å²) in [6.45, 7) is 0. The van der Waals surface area contributed by atoms with E-state index in [1.54, 1.807) is 0 Å². The van der Waals surface area contributed by atoms with Gasteiger partial charge in [0, 0.05) is 18.3 Å². The van der Waals surface area contributed by atoms with Crippen molar-refractivity contribution in [3.63, 3.8) is 0 Å². The second kappa shape index (κ2) is 6.92. The van der Waals surface area contributed by atoms with Gasteiger partial charge in [0.05, 0.1) is 5.56 Å². The molecule has 0 aliphatic carbocycles. The molecule has 4 heteroatoms. The Bertz CT molecular complexity index is 940. The molecule has 1 heterocycles. The van der Waals surface area contributed by atoms with Crippen molar-refractivity contribution < 1.29 is 9.53 Å². The minimum Gasteiger partial charge on any atom is -0.422 e. The minimum absolute atomic E-state index is 0.292. The van der Waals surface area contributed by atoms with Gasteiger partial charge in [0.15, 0.2) is 0 Å². The van der Waals surface area contributed by atoms with Crippen LogP contribution in [0.3, 0.4) is 0 Å². The SMILES string of the molecule is O=C1OC(=C(c2ccc(I)cc2)c2ccc(I)cc2)c2ccccc21. The lowest BCUT2D eigenvalue weighted by atomic mass is 9.94. The highest BCUT2D eigenvalue weighted by Crippen LogP contribution is 2.39. The maximum absolute atomic E-state index is 12.3. The number of ether oxygens (including phenoxy) is 1. The molecule has 1 aliphatic heterocycles. The van der Waals surface area contributed by atoms with E-state index in [-0.39, 0.29) is 5.97 Å². The molecule has 0 atom stereocenters. The summed E-state index contributed by atoms with van der Waals surface area (Å²) in [5.74, 6) is 0.335. The number of carbonyl (C=O) groups excluding carboxylic acids is 1. The molecule has 25 heavy (non-hydrogen) atoms. The second-order valence-corrected chi connectivity index (χ2v) is 8.14. The predicted octanol–water partition coefficient (Wildman–Crippen LogP) is 5.98. The van der Waals surface area contributed by atoms with Gasteiger partial charge < -0.3 is 4.74 Å². The first-order valence-electron chi connectivity index (χ1n) is 7.71. The third-order valence-electron chi connectivity index (χ3n) is 4.08. The molecule has 0 spiro atoms. The topological polar surface area (TPSA) is 26.3 Å². The number of esters is 1. The number of fused-ring (bicyclic) bond motifs is 1. The van der Waals surface area contributed by atoms with E-state index in [4.69, 9.17) is 4.74 Å². The Kier molecular flexibility index (Phi) is 4.64. The number of halogens is 2. The van der Waals surface area contributed by atoms with E-state index in [1.165, 1.54) is 0 Å². The lowest BCUT2D eigenvalue weighted by Gasteiger charge is -2.13. The molecule has 122 valence electrons. The number of hydrogen-bond donors (Lipinski definition) is 0. The highest BCUT2D eigenvalue weighted by molar-refractivity contribution is 14.1. The third-order valence-corrected chi connectivity index (χ3v) is 5.52. The van der Waals surface area contributed by atoms with E-state index < -0.39 is 0 Å². The molecule has 3 aromatic rings. The molecule has 0 aromatic heterocycles. The largest absolute Gasteiger partial charge is 0.422 e. The van der Waals surface area contributed by atoms with E-state index in [2.05, 4.69) is 93.7 Å². The van der Waals surface area contributed by atoms with E-state index in [0.717, 1.165) is 29.4 Å². The zero-order valence-electron chi connectivity index (χ0n) is 13.0. The van der Waals surface area contributed by atoms with E-state index in [1.807, 2.05) is 24.3 Å². The fourth-order valence-corrected chi connectivity index (χ4v) is 3.63. The molecule has 0 radical (unpaired) electrons. The van der Waals surface area contributed by atoms with Crippen molar-refractivity contribution in [2.45, 2.75) is 0 Å². The fraction of sp³-hybridized carbons (Fsp3) is 0. The van der Waals surface area contributed by atoms with Gasteiger partial charge in [-0.3, -0.25) is 0 Å². The third kappa shape index (κ3) is 3.25. The average Bonchev–Trinajstić information content (AvgIpc) is 2.96. The number of carbonyl (C=O) groups is 1. The van der Waals surface area contributed by atoms with Gasteiger partial charge in [-0.15, -0.1) is 0 Å². The Labute approximate surface area is 173 Å². The first-order chi connectivity index (χ1) is 12.1. The van der Waals surface area contributed by atoms with E-state index in [9.17, 15) is 4.79 Å². The van der Waals surface area contributed by atoms with Gasteiger partial charge in [0.25, 0.3) is 0 Å². The van der Waals surface area contributed by atoms with Gasteiger partial charge in [-0.25, -0.2) is 4.79 Å². The molecular formula is C21H12I2O2.